The smallest absolute Gasteiger partial charge is 0.404 e. The number of amides is 5. The lowest BCUT2D eigenvalue weighted by Gasteiger charge is -2.34. The zero-order valence-electron chi connectivity index (χ0n) is 20.0. The molecule has 0 radical (unpaired) electrons. The quantitative estimate of drug-likeness (QED) is 0.306. The van der Waals surface area contributed by atoms with Crippen molar-refractivity contribution in [1.82, 2.24) is 15.1 Å². The molecule has 3 heterocycles. The topological polar surface area (TPSA) is 160 Å². The number of carbonyl (C=O) groups is 5. The predicted molar refractivity (Wildman–Crippen MR) is 127 cm³/mol. The van der Waals surface area contributed by atoms with E-state index in [2.05, 4.69) is 15.5 Å². The second-order valence-electron chi connectivity index (χ2n) is 9.03. The van der Waals surface area contributed by atoms with E-state index in [1.54, 1.807) is 18.2 Å². The number of hydrogen-bond acceptors (Lipinski definition) is 9. The van der Waals surface area contributed by atoms with Crippen LogP contribution in [0, 0.1) is 0 Å². The maximum Gasteiger partial charge on any atom is 0.404 e. The summed E-state index contributed by atoms with van der Waals surface area (Å²) < 4.78 is 10.7. The van der Waals surface area contributed by atoms with Crippen LogP contribution in [-0.4, -0.2) is 91.1 Å². The van der Waals surface area contributed by atoms with E-state index in [4.69, 9.17) is 15.2 Å². The molecule has 2 unspecified atom stereocenters. The number of nitrogens with zero attached hydrogens (tertiary/aromatic N) is 2. The van der Waals surface area contributed by atoms with E-state index in [-0.39, 0.29) is 36.6 Å². The molecule has 12 heteroatoms. The van der Waals surface area contributed by atoms with Gasteiger partial charge in [-0.15, -0.1) is 0 Å². The zero-order valence-corrected chi connectivity index (χ0v) is 20.0. The number of nitrogens with one attached hydrogen (secondary N) is 2. The number of nitrogens with two attached hydrogens (primary N) is 1. The largest absolute Gasteiger partial charge is 0.448 e. The van der Waals surface area contributed by atoms with Gasteiger partial charge in [0.2, 0.25) is 11.8 Å². The number of hydrogen-bond donors (Lipinski definition) is 3. The van der Waals surface area contributed by atoms with Crippen LogP contribution in [0.15, 0.2) is 18.2 Å². The first-order valence-corrected chi connectivity index (χ1v) is 12.2. The molecule has 0 spiro atoms. The van der Waals surface area contributed by atoms with Crippen molar-refractivity contribution in [2.75, 3.05) is 44.8 Å². The summed E-state index contributed by atoms with van der Waals surface area (Å²) in [5, 5.41) is 5.35. The molecule has 2 saturated heterocycles. The summed E-state index contributed by atoms with van der Waals surface area (Å²) in [7, 11) is 0. The molecule has 4 N–H and O–H groups in total. The Balaban J connectivity index is 1.27. The van der Waals surface area contributed by atoms with E-state index in [9.17, 15) is 24.0 Å². The molecular formula is C24H31N5O7. The van der Waals surface area contributed by atoms with Crippen LogP contribution < -0.4 is 16.4 Å². The summed E-state index contributed by atoms with van der Waals surface area (Å²) in [5.41, 5.74) is 6.02. The Hall–Kier alpha value is -3.51. The molecule has 0 saturated carbocycles. The van der Waals surface area contributed by atoms with Crippen molar-refractivity contribution < 1.29 is 33.4 Å². The molecule has 3 aliphatic rings. The average molecular weight is 502 g/mol. The highest BCUT2D eigenvalue weighted by atomic mass is 16.5. The average Bonchev–Trinajstić information content (AvgIpc) is 3.11. The monoisotopic (exact) mass is 501 g/mol. The molecule has 0 aromatic heterocycles. The maximum atomic E-state index is 13.1. The first kappa shape index (κ1) is 25.6. The van der Waals surface area contributed by atoms with Crippen LogP contribution >= 0.6 is 0 Å². The standard InChI is InChI=1S/C24H31N5O7/c25-24(34)36-14-15-4-1-2-10-28(15)11-13-35-12-9-26-17-6-3-5-16-20(17)23(33)29(22(16)32)18-7-8-19(30)27-21(18)31/h3,5-6,15,18,26H,1-2,4,7-14H2,(H2,25,34)(H,27,30,31). The van der Waals surface area contributed by atoms with E-state index in [1.807, 2.05) is 0 Å². The van der Waals surface area contributed by atoms with Gasteiger partial charge in [0.05, 0.1) is 24.3 Å². The zero-order chi connectivity index (χ0) is 25.7. The number of rotatable bonds is 10. The first-order valence-electron chi connectivity index (χ1n) is 12.2. The number of likely N-dealkylation sites (tertiary alicyclic amines) is 1. The highest BCUT2D eigenvalue weighted by Crippen LogP contribution is 2.32. The number of fused-ring (bicyclic) bond motifs is 1. The highest BCUT2D eigenvalue weighted by molar-refractivity contribution is 6.25. The molecule has 4 rings (SSSR count). The van der Waals surface area contributed by atoms with Gasteiger partial charge in [-0.3, -0.25) is 34.3 Å². The number of imide groups is 2. The third kappa shape index (κ3) is 5.65. The third-order valence-electron chi connectivity index (χ3n) is 6.72. The Morgan fingerprint density at radius 3 is 2.72 bits per heavy atom. The Morgan fingerprint density at radius 2 is 1.94 bits per heavy atom. The second-order valence-corrected chi connectivity index (χ2v) is 9.03. The van der Waals surface area contributed by atoms with Gasteiger partial charge in [-0.05, 0) is 37.9 Å². The molecule has 36 heavy (non-hydrogen) atoms. The first-order chi connectivity index (χ1) is 17.4. The SMILES string of the molecule is NC(=O)OCC1CCCCN1CCOCCNc1cccc2c1C(=O)N(C1CCC(=O)NC1=O)C2=O. The third-order valence-corrected chi connectivity index (χ3v) is 6.72. The molecule has 194 valence electrons. The van der Waals surface area contributed by atoms with Gasteiger partial charge in [0.25, 0.3) is 11.8 Å². The molecule has 3 aliphatic heterocycles. The Morgan fingerprint density at radius 1 is 1.11 bits per heavy atom. The number of anilines is 1. The number of carbonyl (C=O) groups excluding carboxylic acids is 5. The fourth-order valence-corrected chi connectivity index (χ4v) is 4.93. The van der Waals surface area contributed by atoms with Gasteiger partial charge in [-0.1, -0.05) is 12.5 Å². The van der Waals surface area contributed by atoms with Crippen molar-refractivity contribution in [2.45, 2.75) is 44.2 Å². The summed E-state index contributed by atoms with van der Waals surface area (Å²) in [6.07, 6.45) is 2.52. The van der Waals surface area contributed by atoms with Crippen molar-refractivity contribution in [3.8, 4) is 0 Å². The molecule has 0 aliphatic carbocycles. The maximum absolute atomic E-state index is 13.1. The highest BCUT2D eigenvalue weighted by Gasteiger charge is 2.45. The minimum Gasteiger partial charge on any atom is -0.448 e. The summed E-state index contributed by atoms with van der Waals surface area (Å²) in [6.45, 7) is 3.15. The normalized spacial score (nSPS) is 22.4. The van der Waals surface area contributed by atoms with Gasteiger partial charge < -0.3 is 20.5 Å². The number of primary amides is 1. The summed E-state index contributed by atoms with van der Waals surface area (Å²) in [4.78, 5) is 63.8. The minimum atomic E-state index is -1.00. The van der Waals surface area contributed by atoms with Crippen LogP contribution in [0.1, 0.15) is 52.8 Å². The van der Waals surface area contributed by atoms with Gasteiger partial charge in [0.1, 0.15) is 12.6 Å². The lowest BCUT2D eigenvalue weighted by Crippen LogP contribution is -2.54. The van der Waals surface area contributed by atoms with E-state index >= 15 is 0 Å². The van der Waals surface area contributed by atoms with Crippen LogP contribution in [0.4, 0.5) is 10.5 Å². The van der Waals surface area contributed by atoms with E-state index in [0.29, 0.717) is 32.0 Å². The van der Waals surface area contributed by atoms with Gasteiger partial charge in [0.15, 0.2) is 0 Å². The van der Waals surface area contributed by atoms with Crippen molar-refractivity contribution in [3.05, 3.63) is 29.3 Å². The van der Waals surface area contributed by atoms with Gasteiger partial charge in [0, 0.05) is 31.2 Å². The van der Waals surface area contributed by atoms with Crippen molar-refractivity contribution in [1.29, 1.82) is 0 Å². The number of benzene rings is 1. The Bertz CT molecular complexity index is 1050. The van der Waals surface area contributed by atoms with Gasteiger partial charge in [-0.2, -0.15) is 0 Å². The summed E-state index contributed by atoms with van der Waals surface area (Å²) in [6, 6.07) is 4.06. The van der Waals surface area contributed by atoms with E-state index in [0.717, 1.165) is 30.7 Å². The molecule has 1 aromatic rings. The second kappa shape index (κ2) is 11.5. The van der Waals surface area contributed by atoms with Crippen LogP contribution in [0.3, 0.4) is 0 Å². The number of ether oxygens (including phenoxy) is 2. The Labute approximate surface area is 208 Å². The van der Waals surface area contributed by atoms with Gasteiger partial charge >= 0.3 is 6.09 Å². The molecule has 12 nitrogen and oxygen atoms in total. The van der Waals surface area contributed by atoms with Crippen LogP contribution in [0.25, 0.3) is 0 Å². The molecule has 0 bridgehead atoms. The predicted octanol–water partition coefficient (Wildman–Crippen LogP) is 0.466. The van der Waals surface area contributed by atoms with Crippen molar-refractivity contribution in [2.24, 2.45) is 5.73 Å². The van der Waals surface area contributed by atoms with Gasteiger partial charge in [-0.25, -0.2) is 4.79 Å². The van der Waals surface area contributed by atoms with Crippen LogP contribution in [0.5, 0.6) is 0 Å². The molecule has 5 amide bonds. The Kier molecular flexibility index (Phi) is 8.16. The molecule has 1 aromatic carbocycles. The van der Waals surface area contributed by atoms with E-state index < -0.39 is 35.8 Å². The molecule has 2 atom stereocenters. The summed E-state index contributed by atoms with van der Waals surface area (Å²) >= 11 is 0. The molecule has 2 fully saturated rings. The van der Waals surface area contributed by atoms with Crippen molar-refractivity contribution in [3.63, 3.8) is 0 Å². The van der Waals surface area contributed by atoms with Crippen LogP contribution in [-0.2, 0) is 19.1 Å². The lowest BCUT2D eigenvalue weighted by molar-refractivity contribution is -0.136. The fourth-order valence-electron chi connectivity index (χ4n) is 4.93. The van der Waals surface area contributed by atoms with E-state index in [1.165, 1.54) is 0 Å². The number of piperidine rings is 2. The van der Waals surface area contributed by atoms with Crippen LogP contribution in [0.2, 0.25) is 0 Å². The molecular weight excluding hydrogens is 470 g/mol. The summed E-state index contributed by atoms with van der Waals surface area (Å²) in [5.74, 6) is -2.14. The fraction of sp³-hybridized carbons (Fsp3) is 0.542. The lowest BCUT2D eigenvalue weighted by atomic mass is 10.0. The van der Waals surface area contributed by atoms with Crippen molar-refractivity contribution >= 4 is 35.4 Å². The minimum absolute atomic E-state index is 0.0720.